The highest BCUT2D eigenvalue weighted by Gasteiger charge is 2.19. The Morgan fingerprint density at radius 1 is 0.854 bits per heavy atom. The molecule has 0 aliphatic carbocycles. The largest absolute Gasteiger partial charge is 0.495 e. The first-order valence-corrected chi connectivity index (χ1v) is 13.9. The van der Waals surface area contributed by atoms with Crippen LogP contribution in [0.15, 0.2) is 102 Å². The molecule has 0 unspecified atom stereocenters. The maximum Gasteiger partial charge on any atom is 0.271 e. The van der Waals surface area contributed by atoms with Crippen molar-refractivity contribution in [3.63, 3.8) is 0 Å². The zero-order chi connectivity index (χ0) is 28.4. The van der Waals surface area contributed by atoms with Crippen LogP contribution >= 0.6 is 0 Å². The van der Waals surface area contributed by atoms with Crippen LogP contribution in [-0.4, -0.2) is 50.3 Å². The number of hydrogen-bond acceptors (Lipinski definition) is 6. The SMILES string of the molecule is COc1ccccc1N1CCN(Cc2ccc(C(=O)N/N=C\c3ccc(OCc4ccc(C)cc4)cc3)cc2)CC1. The Hall–Kier alpha value is -4.62. The van der Waals surface area contributed by atoms with Gasteiger partial charge >= 0.3 is 0 Å². The number of carbonyl (C=O) groups excluding carboxylic acids is 1. The smallest absolute Gasteiger partial charge is 0.271 e. The highest BCUT2D eigenvalue weighted by molar-refractivity contribution is 5.94. The lowest BCUT2D eigenvalue weighted by molar-refractivity contribution is 0.0955. The van der Waals surface area contributed by atoms with Crippen LogP contribution in [0.4, 0.5) is 5.69 Å². The number of piperazine rings is 1. The number of rotatable bonds is 10. The van der Waals surface area contributed by atoms with Gasteiger partial charge in [0.15, 0.2) is 0 Å². The van der Waals surface area contributed by atoms with Crippen LogP contribution in [0.3, 0.4) is 0 Å². The Morgan fingerprint density at radius 3 is 2.24 bits per heavy atom. The molecular formula is C34H36N4O3. The van der Waals surface area contributed by atoms with Crippen LogP contribution in [0.2, 0.25) is 0 Å². The normalized spacial score (nSPS) is 13.8. The van der Waals surface area contributed by atoms with Gasteiger partial charge in [0.05, 0.1) is 19.0 Å². The van der Waals surface area contributed by atoms with E-state index in [1.807, 2.05) is 60.7 Å². The number of methoxy groups -OCH3 is 1. The first-order valence-electron chi connectivity index (χ1n) is 13.9. The molecule has 1 heterocycles. The van der Waals surface area contributed by atoms with E-state index in [0.717, 1.165) is 61.0 Å². The van der Waals surface area contributed by atoms with E-state index in [4.69, 9.17) is 9.47 Å². The second-order valence-electron chi connectivity index (χ2n) is 10.2. The summed E-state index contributed by atoms with van der Waals surface area (Å²) in [6, 6.07) is 31.8. The molecule has 1 aliphatic rings. The summed E-state index contributed by atoms with van der Waals surface area (Å²) in [5.74, 6) is 1.46. The average Bonchev–Trinajstić information content (AvgIpc) is 3.02. The summed E-state index contributed by atoms with van der Waals surface area (Å²) in [5, 5.41) is 4.12. The molecule has 1 N–H and O–H groups in total. The van der Waals surface area contributed by atoms with Gasteiger partial charge in [0.2, 0.25) is 0 Å². The van der Waals surface area contributed by atoms with E-state index < -0.39 is 0 Å². The Balaban J connectivity index is 1.05. The van der Waals surface area contributed by atoms with E-state index in [2.05, 4.69) is 63.6 Å². The second kappa shape index (κ2) is 13.6. The van der Waals surface area contributed by atoms with E-state index in [0.29, 0.717) is 12.2 Å². The average molecular weight is 549 g/mol. The van der Waals surface area contributed by atoms with E-state index in [-0.39, 0.29) is 5.91 Å². The van der Waals surface area contributed by atoms with Gasteiger partial charge in [-0.2, -0.15) is 5.10 Å². The standard InChI is InChI=1S/C34H36N4O3/c1-26-7-9-29(10-8-26)25-41-31-17-13-27(14-18-31)23-35-36-34(39)30-15-11-28(12-16-30)24-37-19-21-38(22-20-37)32-5-3-4-6-33(32)40-2/h3-18,23H,19-22,24-25H2,1-2H3,(H,36,39)/b35-23-. The molecule has 0 saturated carbocycles. The number of anilines is 1. The summed E-state index contributed by atoms with van der Waals surface area (Å²) >= 11 is 0. The van der Waals surface area contributed by atoms with E-state index in [9.17, 15) is 4.79 Å². The van der Waals surface area contributed by atoms with E-state index in [1.54, 1.807) is 13.3 Å². The molecule has 0 spiro atoms. The summed E-state index contributed by atoms with van der Waals surface area (Å²) < 4.78 is 11.4. The Kier molecular flexibility index (Phi) is 9.29. The van der Waals surface area contributed by atoms with Crippen LogP contribution in [0.5, 0.6) is 11.5 Å². The van der Waals surface area contributed by atoms with Crippen LogP contribution in [0.25, 0.3) is 0 Å². The highest BCUT2D eigenvalue weighted by Crippen LogP contribution is 2.28. The van der Waals surface area contributed by atoms with Gasteiger partial charge in [0, 0.05) is 38.3 Å². The quantitative estimate of drug-likeness (QED) is 0.204. The van der Waals surface area contributed by atoms with Gasteiger partial charge in [0.25, 0.3) is 5.91 Å². The first kappa shape index (κ1) is 27.9. The van der Waals surface area contributed by atoms with Gasteiger partial charge in [-0.15, -0.1) is 0 Å². The summed E-state index contributed by atoms with van der Waals surface area (Å²) in [4.78, 5) is 17.4. The number of aryl methyl sites for hydroxylation is 1. The van der Waals surface area contributed by atoms with Crippen LogP contribution in [0.1, 0.15) is 32.6 Å². The minimum Gasteiger partial charge on any atom is -0.495 e. The molecule has 210 valence electrons. The fourth-order valence-corrected chi connectivity index (χ4v) is 4.79. The molecule has 0 radical (unpaired) electrons. The van der Waals surface area contributed by atoms with Crippen molar-refractivity contribution in [2.24, 2.45) is 5.10 Å². The Labute approximate surface area is 242 Å². The second-order valence-corrected chi connectivity index (χ2v) is 10.2. The van der Waals surface area contributed by atoms with Crippen molar-refractivity contribution >= 4 is 17.8 Å². The number of ether oxygens (including phenoxy) is 2. The van der Waals surface area contributed by atoms with Gasteiger partial charge in [-0.25, -0.2) is 5.43 Å². The number of nitrogens with zero attached hydrogens (tertiary/aromatic N) is 3. The lowest BCUT2D eigenvalue weighted by Crippen LogP contribution is -2.46. The lowest BCUT2D eigenvalue weighted by atomic mass is 10.1. The summed E-state index contributed by atoms with van der Waals surface area (Å²) in [7, 11) is 1.72. The zero-order valence-electron chi connectivity index (χ0n) is 23.6. The predicted octanol–water partition coefficient (Wildman–Crippen LogP) is 5.67. The van der Waals surface area contributed by atoms with Gasteiger partial charge in [-0.3, -0.25) is 9.69 Å². The minimum atomic E-state index is -0.240. The summed E-state index contributed by atoms with van der Waals surface area (Å²) in [6.07, 6.45) is 1.63. The molecule has 1 amide bonds. The fraction of sp³-hybridized carbons (Fsp3) is 0.235. The number of benzene rings is 4. The third-order valence-electron chi connectivity index (χ3n) is 7.21. The van der Waals surface area contributed by atoms with Crippen molar-refractivity contribution in [1.29, 1.82) is 0 Å². The number of amides is 1. The van der Waals surface area contributed by atoms with Crippen molar-refractivity contribution in [3.05, 3.63) is 125 Å². The topological polar surface area (TPSA) is 66.4 Å². The molecule has 5 rings (SSSR count). The van der Waals surface area contributed by atoms with Crippen molar-refractivity contribution in [2.45, 2.75) is 20.1 Å². The Bertz CT molecular complexity index is 1440. The molecule has 7 nitrogen and oxygen atoms in total. The molecule has 4 aromatic carbocycles. The predicted molar refractivity (Wildman–Crippen MR) is 164 cm³/mol. The molecule has 41 heavy (non-hydrogen) atoms. The molecule has 0 aromatic heterocycles. The number of para-hydroxylation sites is 2. The van der Waals surface area contributed by atoms with Gasteiger partial charge in [0.1, 0.15) is 18.1 Å². The number of carbonyl (C=O) groups is 1. The summed E-state index contributed by atoms with van der Waals surface area (Å²) in [6.45, 7) is 7.26. The van der Waals surface area contributed by atoms with Crippen LogP contribution in [0, 0.1) is 6.92 Å². The lowest BCUT2D eigenvalue weighted by Gasteiger charge is -2.36. The first-order chi connectivity index (χ1) is 20.1. The van der Waals surface area contributed by atoms with Crippen molar-refractivity contribution in [2.75, 3.05) is 38.2 Å². The van der Waals surface area contributed by atoms with Crippen molar-refractivity contribution in [3.8, 4) is 11.5 Å². The third-order valence-corrected chi connectivity index (χ3v) is 7.21. The number of nitrogens with one attached hydrogen (secondary N) is 1. The molecule has 4 aromatic rings. The van der Waals surface area contributed by atoms with Crippen molar-refractivity contribution < 1.29 is 14.3 Å². The molecular weight excluding hydrogens is 512 g/mol. The van der Waals surface area contributed by atoms with Crippen LogP contribution < -0.4 is 19.8 Å². The molecule has 7 heteroatoms. The number of hydrogen-bond donors (Lipinski definition) is 1. The minimum absolute atomic E-state index is 0.240. The van der Waals surface area contributed by atoms with E-state index in [1.165, 1.54) is 11.1 Å². The molecule has 0 atom stereocenters. The molecule has 1 saturated heterocycles. The maximum absolute atomic E-state index is 12.6. The summed E-state index contributed by atoms with van der Waals surface area (Å²) in [5.41, 5.74) is 8.74. The van der Waals surface area contributed by atoms with Crippen molar-refractivity contribution in [1.82, 2.24) is 10.3 Å². The number of hydrazone groups is 1. The third kappa shape index (κ3) is 7.74. The monoisotopic (exact) mass is 548 g/mol. The zero-order valence-corrected chi connectivity index (χ0v) is 23.6. The van der Waals surface area contributed by atoms with E-state index >= 15 is 0 Å². The van der Waals surface area contributed by atoms with Crippen LogP contribution in [-0.2, 0) is 13.2 Å². The molecule has 1 aliphatic heterocycles. The fourth-order valence-electron chi connectivity index (χ4n) is 4.79. The maximum atomic E-state index is 12.6. The van der Waals surface area contributed by atoms with Gasteiger partial charge in [-0.1, -0.05) is 54.1 Å². The molecule has 1 fully saturated rings. The molecule has 0 bridgehead atoms. The van der Waals surface area contributed by atoms with Gasteiger partial charge < -0.3 is 14.4 Å². The Morgan fingerprint density at radius 2 is 1.54 bits per heavy atom. The van der Waals surface area contributed by atoms with Gasteiger partial charge in [-0.05, 0) is 72.1 Å². The highest BCUT2D eigenvalue weighted by atomic mass is 16.5.